The van der Waals surface area contributed by atoms with Gasteiger partial charge in [0.1, 0.15) is 5.65 Å². The second-order valence-electron chi connectivity index (χ2n) is 5.25. The molecule has 0 aliphatic heterocycles. The maximum atomic E-state index is 11.9. The third-order valence-electron chi connectivity index (χ3n) is 3.62. The molecule has 0 spiro atoms. The number of para-hydroxylation sites is 1. The second kappa shape index (κ2) is 6.71. The van der Waals surface area contributed by atoms with Crippen LogP contribution in [-0.2, 0) is 13.5 Å². The van der Waals surface area contributed by atoms with Crippen LogP contribution < -0.4 is 10.6 Å². The normalized spacial score (nSPS) is 10.7. The summed E-state index contributed by atoms with van der Waals surface area (Å²) >= 11 is 6.01. The molecule has 2 N–H and O–H groups in total. The highest BCUT2D eigenvalue weighted by Crippen LogP contribution is 2.20. The summed E-state index contributed by atoms with van der Waals surface area (Å²) in [7, 11) is 1.97. The largest absolute Gasteiger partial charge is 0.338 e. The van der Waals surface area contributed by atoms with Gasteiger partial charge in [0.2, 0.25) is 0 Å². The van der Waals surface area contributed by atoms with Gasteiger partial charge in [-0.15, -0.1) is 0 Å². The third kappa shape index (κ3) is 3.46. The molecule has 0 bridgehead atoms. The zero-order valence-electron chi connectivity index (χ0n) is 12.7. The number of benzene rings is 1. The van der Waals surface area contributed by atoms with Gasteiger partial charge < -0.3 is 15.2 Å². The minimum atomic E-state index is -0.267. The molecule has 2 aromatic heterocycles. The topological polar surface area (TPSA) is 59.0 Å². The SMILES string of the molecule is Cn1cc(CCNC(=O)Nc2ccccc2Cl)c2cccnc21. The molecule has 0 atom stereocenters. The lowest BCUT2D eigenvalue weighted by Crippen LogP contribution is -2.30. The predicted molar refractivity (Wildman–Crippen MR) is 92.9 cm³/mol. The predicted octanol–water partition coefficient (Wildman–Crippen LogP) is 3.59. The average Bonchev–Trinajstić information content (AvgIpc) is 2.87. The number of amides is 2. The number of carbonyl (C=O) groups excluding carboxylic acids is 1. The van der Waals surface area contributed by atoms with Crippen LogP contribution in [0.4, 0.5) is 10.5 Å². The number of aryl methyl sites for hydroxylation is 1. The molecule has 118 valence electrons. The van der Waals surface area contributed by atoms with E-state index in [2.05, 4.69) is 15.6 Å². The highest BCUT2D eigenvalue weighted by molar-refractivity contribution is 6.33. The van der Waals surface area contributed by atoms with E-state index < -0.39 is 0 Å². The molecule has 0 unspecified atom stereocenters. The van der Waals surface area contributed by atoms with Gasteiger partial charge in [-0.2, -0.15) is 0 Å². The van der Waals surface area contributed by atoms with E-state index in [0.717, 1.165) is 23.0 Å². The van der Waals surface area contributed by atoms with Gasteiger partial charge in [0, 0.05) is 31.4 Å². The molecule has 0 aliphatic carbocycles. The highest BCUT2D eigenvalue weighted by atomic mass is 35.5. The van der Waals surface area contributed by atoms with Crippen LogP contribution in [0.2, 0.25) is 5.02 Å². The molecule has 2 amide bonds. The molecule has 3 aromatic rings. The lowest BCUT2D eigenvalue weighted by atomic mass is 10.1. The van der Waals surface area contributed by atoms with Crippen molar-refractivity contribution < 1.29 is 4.79 Å². The summed E-state index contributed by atoms with van der Waals surface area (Å²) in [6.07, 6.45) is 4.56. The number of urea groups is 1. The number of nitrogens with zero attached hydrogens (tertiary/aromatic N) is 2. The summed E-state index contributed by atoms with van der Waals surface area (Å²) in [6.45, 7) is 0.532. The lowest BCUT2D eigenvalue weighted by Gasteiger charge is -2.08. The number of nitrogens with one attached hydrogen (secondary N) is 2. The van der Waals surface area contributed by atoms with Crippen molar-refractivity contribution in [3.8, 4) is 0 Å². The molecule has 2 heterocycles. The van der Waals surface area contributed by atoms with Gasteiger partial charge in [-0.05, 0) is 36.2 Å². The summed E-state index contributed by atoms with van der Waals surface area (Å²) in [5, 5.41) is 7.21. The van der Waals surface area contributed by atoms with Crippen LogP contribution in [0, 0.1) is 0 Å². The Balaban J connectivity index is 1.58. The maximum Gasteiger partial charge on any atom is 0.319 e. The molecule has 0 radical (unpaired) electrons. The number of aromatic nitrogens is 2. The minimum absolute atomic E-state index is 0.267. The molecule has 0 fully saturated rings. The minimum Gasteiger partial charge on any atom is -0.338 e. The van der Waals surface area contributed by atoms with Gasteiger partial charge in [0.25, 0.3) is 0 Å². The molecule has 23 heavy (non-hydrogen) atoms. The van der Waals surface area contributed by atoms with E-state index in [1.54, 1.807) is 18.3 Å². The first-order chi connectivity index (χ1) is 11.1. The van der Waals surface area contributed by atoms with Gasteiger partial charge in [-0.3, -0.25) is 0 Å². The number of fused-ring (bicyclic) bond motifs is 1. The Labute approximate surface area is 139 Å². The van der Waals surface area contributed by atoms with Gasteiger partial charge >= 0.3 is 6.03 Å². The van der Waals surface area contributed by atoms with Crippen LogP contribution in [-0.4, -0.2) is 22.1 Å². The highest BCUT2D eigenvalue weighted by Gasteiger charge is 2.08. The van der Waals surface area contributed by atoms with Crippen molar-refractivity contribution in [2.45, 2.75) is 6.42 Å². The number of rotatable bonds is 4. The average molecular weight is 329 g/mol. The van der Waals surface area contributed by atoms with Gasteiger partial charge in [-0.1, -0.05) is 23.7 Å². The van der Waals surface area contributed by atoms with E-state index in [1.807, 2.05) is 42.1 Å². The second-order valence-corrected chi connectivity index (χ2v) is 5.66. The van der Waals surface area contributed by atoms with E-state index in [4.69, 9.17) is 11.6 Å². The number of anilines is 1. The first-order valence-corrected chi connectivity index (χ1v) is 7.71. The van der Waals surface area contributed by atoms with E-state index >= 15 is 0 Å². The van der Waals surface area contributed by atoms with Crippen molar-refractivity contribution in [1.29, 1.82) is 0 Å². The monoisotopic (exact) mass is 328 g/mol. The van der Waals surface area contributed by atoms with E-state index in [9.17, 15) is 4.79 Å². The van der Waals surface area contributed by atoms with Crippen LogP contribution in [0.25, 0.3) is 11.0 Å². The first kappa shape index (κ1) is 15.4. The van der Waals surface area contributed by atoms with Crippen molar-refractivity contribution >= 4 is 34.4 Å². The molecule has 6 heteroatoms. The lowest BCUT2D eigenvalue weighted by molar-refractivity contribution is 0.252. The van der Waals surface area contributed by atoms with Crippen molar-refractivity contribution in [2.75, 3.05) is 11.9 Å². The summed E-state index contributed by atoms with van der Waals surface area (Å²) in [6, 6.07) is 10.8. The van der Waals surface area contributed by atoms with Crippen LogP contribution in [0.5, 0.6) is 0 Å². The zero-order valence-corrected chi connectivity index (χ0v) is 13.5. The number of pyridine rings is 1. The van der Waals surface area contributed by atoms with Crippen molar-refractivity contribution in [3.05, 3.63) is 59.4 Å². The van der Waals surface area contributed by atoms with E-state index in [-0.39, 0.29) is 6.03 Å². The molecule has 3 rings (SSSR count). The maximum absolute atomic E-state index is 11.9. The number of hydrogen-bond donors (Lipinski definition) is 2. The van der Waals surface area contributed by atoms with Crippen LogP contribution in [0.3, 0.4) is 0 Å². The Morgan fingerprint density at radius 1 is 1.26 bits per heavy atom. The van der Waals surface area contributed by atoms with Gasteiger partial charge in [0.05, 0.1) is 10.7 Å². The fourth-order valence-corrected chi connectivity index (χ4v) is 2.72. The Morgan fingerprint density at radius 2 is 2.09 bits per heavy atom. The van der Waals surface area contributed by atoms with Gasteiger partial charge in [0.15, 0.2) is 0 Å². The first-order valence-electron chi connectivity index (χ1n) is 7.33. The molecular formula is C17H17ClN4O. The van der Waals surface area contributed by atoms with Crippen molar-refractivity contribution in [1.82, 2.24) is 14.9 Å². The Bertz CT molecular complexity index is 843. The van der Waals surface area contributed by atoms with Crippen molar-refractivity contribution in [3.63, 3.8) is 0 Å². The van der Waals surface area contributed by atoms with E-state index in [1.165, 1.54) is 0 Å². The summed E-state index contributed by atoms with van der Waals surface area (Å²) in [5.74, 6) is 0. The standard InChI is InChI=1S/C17H17ClN4O/c1-22-11-12(13-5-4-9-19-16(13)22)8-10-20-17(23)21-15-7-3-2-6-14(15)18/h2-7,9,11H,8,10H2,1H3,(H2,20,21,23). The molecule has 5 nitrogen and oxygen atoms in total. The van der Waals surface area contributed by atoms with Crippen LogP contribution >= 0.6 is 11.6 Å². The zero-order chi connectivity index (χ0) is 16.2. The van der Waals surface area contributed by atoms with Gasteiger partial charge in [-0.25, -0.2) is 9.78 Å². The van der Waals surface area contributed by atoms with Crippen molar-refractivity contribution in [2.24, 2.45) is 7.05 Å². The molecule has 0 saturated heterocycles. The number of carbonyl (C=O) groups is 1. The summed E-state index contributed by atoms with van der Waals surface area (Å²) in [4.78, 5) is 16.3. The van der Waals surface area contributed by atoms with Crippen LogP contribution in [0.15, 0.2) is 48.8 Å². The summed E-state index contributed by atoms with van der Waals surface area (Å²) < 4.78 is 1.99. The molecule has 0 aliphatic rings. The molecule has 0 saturated carbocycles. The molecule has 1 aromatic carbocycles. The quantitative estimate of drug-likeness (QED) is 0.769. The Kier molecular flexibility index (Phi) is 4.48. The molecular weight excluding hydrogens is 312 g/mol. The Hall–Kier alpha value is -2.53. The number of hydrogen-bond acceptors (Lipinski definition) is 2. The van der Waals surface area contributed by atoms with E-state index in [0.29, 0.717) is 17.3 Å². The third-order valence-corrected chi connectivity index (χ3v) is 3.95. The smallest absolute Gasteiger partial charge is 0.319 e. The number of halogens is 1. The summed E-state index contributed by atoms with van der Waals surface area (Å²) in [5.41, 5.74) is 2.71. The van der Waals surface area contributed by atoms with Crippen LogP contribution in [0.1, 0.15) is 5.56 Å². The fourth-order valence-electron chi connectivity index (χ4n) is 2.53. The Morgan fingerprint density at radius 3 is 2.91 bits per heavy atom. The fraction of sp³-hybridized carbons (Fsp3) is 0.176.